The standard InChI is InChI=1S/C22H22O7/c1-12(23)9-17-13(2)16-7-6-15(11-19(16)29-22(17)25)28-21(24)14-5-8-18(26-3)20(10-14)27-4/h5-8,10-12,23H,9H2,1-4H3. The zero-order chi connectivity index (χ0) is 21.1. The number of ether oxygens (including phenoxy) is 3. The molecule has 0 spiro atoms. The maximum Gasteiger partial charge on any atom is 0.343 e. The summed E-state index contributed by atoms with van der Waals surface area (Å²) in [6, 6.07) is 9.54. The number of aliphatic hydroxyl groups is 1. The van der Waals surface area contributed by atoms with Gasteiger partial charge < -0.3 is 23.7 Å². The fraction of sp³-hybridized carbons (Fsp3) is 0.273. The van der Waals surface area contributed by atoms with Crippen molar-refractivity contribution in [2.75, 3.05) is 14.2 Å². The molecule has 7 heteroatoms. The normalized spacial score (nSPS) is 11.9. The molecule has 0 aliphatic heterocycles. The highest BCUT2D eigenvalue weighted by molar-refractivity contribution is 5.92. The summed E-state index contributed by atoms with van der Waals surface area (Å²) < 4.78 is 21.2. The molecule has 29 heavy (non-hydrogen) atoms. The molecule has 0 bridgehead atoms. The number of benzene rings is 2. The van der Waals surface area contributed by atoms with Crippen LogP contribution >= 0.6 is 0 Å². The number of carbonyl (C=O) groups excluding carboxylic acids is 1. The molecule has 0 saturated heterocycles. The van der Waals surface area contributed by atoms with E-state index >= 15 is 0 Å². The van der Waals surface area contributed by atoms with Gasteiger partial charge in [0.1, 0.15) is 11.3 Å². The van der Waals surface area contributed by atoms with E-state index in [1.807, 2.05) is 0 Å². The molecule has 0 amide bonds. The summed E-state index contributed by atoms with van der Waals surface area (Å²) in [6.45, 7) is 3.41. The predicted octanol–water partition coefficient (Wildman–Crippen LogP) is 3.26. The van der Waals surface area contributed by atoms with Crippen molar-refractivity contribution in [2.45, 2.75) is 26.4 Å². The van der Waals surface area contributed by atoms with Crippen LogP contribution in [0.4, 0.5) is 0 Å². The average Bonchev–Trinajstić information content (AvgIpc) is 2.70. The molecule has 0 aliphatic rings. The van der Waals surface area contributed by atoms with Crippen LogP contribution in [-0.4, -0.2) is 31.4 Å². The van der Waals surface area contributed by atoms with Crippen LogP contribution in [0, 0.1) is 6.92 Å². The Kier molecular flexibility index (Phi) is 5.89. The first-order valence-electron chi connectivity index (χ1n) is 9.02. The van der Waals surface area contributed by atoms with Gasteiger partial charge in [0, 0.05) is 23.4 Å². The summed E-state index contributed by atoms with van der Waals surface area (Å²) >= 11 is 0. The molecule has 2 aromatic carbocycles. The SMILES string of the molecule is COc1ccc(C(=O)Oc2ccc3c(C)c(CC(C)O)c(=O)oc3c2)cc1OC. The molecule has 0 fully saturated rings. The predicted molar refractivity (Wildman–Crippen MR) is 107 cm³/mol. The summed E-state index contributed by atoms with van der Waals surface area (Å²) in [7, 11) is 2.99. The third-order valence-corrected chi connectivity index (χ3v) is 4.59. The fourth-order valence-electron chi connectivity index (χ4n) is 3.10. The Morgan fingerprint density at radius 3 is 2.48 bits per heavy atom. The Balaban J connectivity index is 1.91. The molecule has 1 aromatic heterocycles. The van der Waals surface area contributed by atoms with Crippen LogP contribution in [0.2, 0.25) is 0 Å². The van der Waals surface area contributed by atoms with Gasteiger partial charge in [-0.2, -0.15) is 0 Å². The second-order valence-electron chi connectivity index (χ2n) is 6.66. The van der Waals surface area contributed by atoms with Gasteiger partial charge in [0.05, 0.1) is 25.9 Å². The lowest BCUT2D eigenvalue weighted by molar-refractivity contribution is 0.0734. The van der Waals surface area contributed by atoms with E-state index in [4.69, 9.17) is 18.6 Å². The largest absolute Gasteiger partial charge is 0.493 e. The van der Waals surface area contributed by atoms with Crippen LogP contribution < -0.4 is 19.8 Å². The number of aryl methyl sites for hydroxylation is 1. The number of methoxy groups -OCH3 is 2. The lowest BCUT2D eigenvalue weighted by Crippen LogP contribution is -2.16. The first-order chi connectivity index (χ1) is 13.8. The van der Waals surface area contributed by atoms with Gasteiger partial charge >= 0.3 is 11.6 Å². The van der Waals surface area contributed by atoms with Gasteiger partial charge in [0.25, 0.3) is 0 Å². The van der Waals surface area contributed by atoms with Crippen LogP contribution in [0.15, 0.2) is 45.6 Å². The topological polar surface area (TPSA) is 95.2 Å². The van der Waals surface area contributed by atoms with Gasteiger partial charge in [-0.3, -0.25) is 0 Å². The highest BCUT2D eigenvalue weighted by Gasteiger charge is 2.16. The summed E-state index contributed by atoms with van der Waals surface area (Å²) in [5, 5.41) is 10.3. The van der Waals surface area contributed by atoms with E-state index < -0.39 is 17.7 Å². The molecule has 7 nitrogen and oxygen atoms in total. The van der Waals surface area contributed by atoms with Crippen LogP contribution in [0.5, 0.6) is 17.2 Å². The highest BCUT2D eigenvalue weighted by Crippen LogP contribution is 2.29. The minimum Gasteiger partial charge on any atom is -0.493 e. The number of esters is 1. The van der Waals surface area contributed by atoms with Crippen LogP contribution in [0.1, 0.15) is 28.4 Å². The highest BCUT2D eigenvalue weighted by atomic mass is 16.5. The van der Waals surface area contributed by atoms with Crippen molar-refractivity contribution in [3.8, 4) is 17.2 Å². The van der Waals surface area contributed by atoms with E-state index in [1.165, 1.54) is 26.4 Å². The molecule has 0 saturated carbocycles. The molecule has 3 aromatic rings. The zero-order valence-corrected chi connectivity index (χ0v) is 16.6. The maximum atomic E-state index is 12.5. The van der Waals surface area contributed by atoms with Crippen molar-refractivity contribution in [1.82, 2.24) is 0 Å². The maximum absolute atomic E-state index is 12.5. The monoisotopic (exact) mass is 398 g/mol. The lowest BCUT2D eigenvalue weighted by atomic mass is 10.0. The molecule has 1 heterocycles. The lowest BCUT2D eigenvalue weighted by Gasteiger charge is -2.11. The summed E-state index contributed by atoms with van der Waals surface area (Å²) in [5.74, 6) is 0.561. The quantitative estimate of drug-likeness (QED) is 0.387. The van der Waals surface area contributed by atoms with Crippen molar-refractivity contribution in [3.05, 3.63) is 63.5 Å². The Morgan fingerprint density at radius 1 is 1.10 bits per heavy atom. The Labute approximate surface area is 167 Å². The molecule has 152 valence electrons. The minimum absolute atomic E-state index is 0.208. The van der Waals surface area contributed by atoms with Crippen molar-refractivity contribution in [2.24, 2.45) is 0 Å². The van der Waals surface area contributed by atoms with E-state index in [0.717, 1.165) is 5.56 Å². The number of carbonyl (C=O) groups is 1. The van der Waals surface area contributed by atoms with Gasteiger partial charge in [-0.1, -0.05) is 0 Å². The molecule has 1 unspecified atom stereocenters. The molecule has 0 aliphatic carbocycles. The Bertz CT molecular complexity index is 1110. The van der Waals surface area contributed by atoms with Crippen molar-refractivity contribution in [3.63, 3.8) is 0 Å². The molecule has 1 N–H and O–H groups in total. The van der Waals surface area contributed by atoms with Gasteiger partial charge in [-0.05, 0) is 49.7 Å². The number of rotatable bonds is 6. The first kappa shape index (κ1) is 20.4. The molecule has 3 rings (SSSR count). The van der Waals surface area contributed by atoms with E-state index in [0.29, 0.717) is 28.0 Å². The molecular formula is C22H22O7. The Morgan fingerprint density at radius 2 is 1.83 bits per heavy atom. The van der Waals surface area contributed by atoms with E-state index in [1.54, 1.807) is 38.1 Å². The van der Waals surface area contributed by atoms with Crippen molar-refractivity contribution >= 4 is 16.9 Å². The van der Waals surface area contributed by atoms with Crippen molar-refractivity contribution in [1.29, 1.82) is 0 Å². The van der Waals surface area contributed by atoms with Gasteiger partial charge in [-0.25, -0.2) is 9.59 Å². The van der Waals surface area contributed by atoms with Crippen LogP contribution in [0.25, 0.3) is 11.0 Å². The van der Waals surface area contributed by atoms with Gasteiger partial charge in [-0.15, -0.1) is 0 Å². The van der Waals surface area contributed by atoms with Crippen molar-refractivity contribution < 1.29 is 28.5 Å². The van der Waals surface area contributed by atoms with Crippen LogP contribution in [-0.2, 0) is 6.42 Å². The fourth-order valence-corrected chi connectivity index (χ4v) is 3.10. The number of aliphatic hydroxyl groups excluding tert-OH is 1. The number of hydrogen-bond donors (Lipinski definition) is 1. The number of fused-ring (bicyclic) bond motifs is 1. The zero-order valence-electron chi connectivity index (χ0n) is 16.6. The molecular weight excluding hydrogens is 376 g/mol. The molecule has 0 radical (unpaired) electrons. The second kappa shape index (κ2) is 8.36. The summed E-state index contributed by atoms with van der Waals surface area (Å²) in [6.07, 6.45) is -0.448. The van der Waals surface area contributed by atoms with E-state index in [2.05, 4.69) is 0 Å². The summed E-state index contributed by atoms with van der Waals surface area (Å²) in [4.78, 5) is 24.8. The van der Waals surface area contributed by atoms with E-state index in [9.17, 15) is 14.7 Å². The number of hydrogen-bond acceptors (Lipinski definition) is 7. The second-order valence-corrected chi connectivity index (χ2v) is 6.66. The van der Waals surface area contributed by atoms with E-state index in [-0.39, 0.29) is 17.7 Å². The average molecular weight is 398 g/mol. The van der Waals surface area contributed by atoms with Crippen LogP contribution in [0.3, 0.4) is 0 Å². The summed E-state index contributed by atoms with van der Waals surface area (Å²) in [5.41, 5.74) is 1.24. The molecule has 1 atom stereocenters. The minimum atomic E-state index is -0.657. The third-order valence-electron chi connectivity index (χ3n) is 4.59. The smallest absolute Gasteiger partial charge is 0.343 e. The first-order valence-corrected chi connectivity index (χ1v) is 9.02. The third kappa shape index (κ3) is 4.25. The van der Waals surface area contributed by atoms with Gasteiger partial charge in [0.15, 0.2) is 11.5 Å². The van der Waals surface area contributed by atoms with Gasteiger partial charge in [0.2, 0.25) is 0 Å². The Hall–Kier alpha value is -3.32.